The van der Waals surface area contributed by atoms with Crippen LogP contribution in [0.1, 0.15) is 44.2 Å². The molecule has 2 aromatic rings. The lowest BCUT2D eigenvalue weighted by atomic mass is 9.89. The second kappa shape index (κ2) is 4.97. The second-order valence-corrected chi connectivity index (χ2v) is 4.90. The van der Waals surface area contributed by atoms with Gasteiger partial charge in [0, 0.05) is 5.69 Å². The molecular formula is C16H20FN. The number of hydrogen-bond acceptors (Lipinski definition) is 1. The fourth-order valence-corrected chi connectivity index (χ4v) is 2.53. The lowest BCUT2D eigenvalue weighted by Gasteiger charge is -2.17. The van der Waals surface area contributed by atoms with Gasteiger partial charge in [0.15, 0.2) is 0 Å². The number of aryl methyl sites for hydroxylation is 1. The molecule has 1 nitrogen and oxygen atoms in total. The van der Waals surface area contributed by atoms with Gasteiger partial charge < -0.3 is 5.73 Å². The van der Waals surface area contributed by atoms with E-state index in [9.17, 15) is 4.39 Å². The van der Waals surface area contributed by atoms with Crippen LogP contribution in [0.2, 0.25) is 0 Å². The van der Waals surface area contributed by atoms with Crippen molar-refractivity contribution in [3.05, 3.63) is 41.2 Å². The van der Waals surface area contributed by atoms with Crippen LogP contribution in [0.15, 0.2) is 24.3 Å². The maximum absolute atomic E-state index is 13.9. The van der Waals surface area contributed by atoms with Gasteiger partial charge in [-0.2, -0.15) is 0 Å². The van der Waals surface area contributed by atoms with Gasteiger partial charge >= 0.3 is 0 Å². The Morgan fingerprint density at radius 1 is 1.22 bits per heavy atom. The minimum atomic E-state index is -0.112. The lowest BCUT2D eigenvalue weighted by Crippen LogP contribution is -2.00. The number of rotatable bonds is 3. The van der Waals surface area contributed by atoms with Crippen LogP contribution in [0.4, 0.5) is 10.1 Å². The number of nitrogens with two attached hydrogens (primary N) is 1. The molecule has 96 valence electrons. The van der Waals surface area contributed by atoms with Crippen molar-refractivity contribution >= 4 is 16.5 Å². The minimum Gasteiger partial charge on any atom is -0.399 e. The third-order valence-electron chi connectivity index (χ3n) is 3.72. The highest BCUT2D eigenvalue weighted by molar-refractivity contribution is 5.92. The largest absolute Gasteiger partial charge is 0.399 e. The first-order valence-corrected chi connectivity index (χ1v) is 6.59. The maximum atomic E-state index is 13.9. The van der Waals surface area contributed by atoms with Crippen molar-refractivity contribution in [1.82, 2.24) is 0 Å². The van der Waals surface area contributed by atoms with E-state index in [1.165, 1.54) is 5.56 Å². The Bertz CT molecular complexity index is 575. The summed E-state index contributed by atoms with van der Waals surface area (Å²) in [5, 5.41) is 2.10. The standard InChI is InChI=1S/C16H20FN/c1-4-10(3)14-9-12(18)8-11-6-7-15(17)13(5-2)16(11)14/h6-10H,4-5,18H2,1-3H3. The molecule has 1 atom stereocenters. The predicted molar refractivity (Wildman–Crippen MR) is 76.4 cm³/mol. The van der Waals surface area contributed by atoms with E-state index in [4.69, 9.17) is 5.73 Å². The van der Waals surface area contributed by atoms with Crippen LogP contribution in [-0.2, 0) is 6.42 Å². The van der Waals surface area contributed by atoms with Crippen molar-refractivity contribution in [3.8, 4) is 0 Å². The second-order valence-electron chi connectivity index (χ2n) is 4.90. The first kappa shape index (κ1) is 12.9. The molecule has 0 saturated heterocycles. The topological polar surface area (TPSA) is 26.0 Å². The molecule has 0 spiro atoms. The quantitative estimate of drug-likeness (QED) is 0.783. The van der Waals surface area contributed by atoms with Gasteiger partial charge in [0.25, 0.3) is 0 Å². The summed E-state index contributed by atoms with van der Waals surface area (Å²) in [4.78, 5) is 0. The SMILES string of the molecule is CCc1c(F)ccc2cc(N)cc(C(C)CC)c12. The Morgan fingerprint density at radius 2 is 1.94 bits per heavy atom. The summed E-state index contributed by atoms with van der Waals surface area (Å²) in [6, 6.07) is 7.29. The zero-order valence-corrected chi connectivity index (χ0v) is 11.3. The van der Waals surface area contributed by atoms with E-state index in [1.54, 1.807) is 6.07 Å². The van der Waals surface area contributed by atoms with Crippen molar-refractivity contribution in [2.45, 2.75) is 39.5 Å². The Balaban J connectivity index is 2.86. The summed E-state index contributed by atoms with van der Waals surface area (Å²) < 4.78 is 13.9. The summed E-state index contributed by atoms with van der Waals surface area (Å²) in [6.07, 6.45) is 1.73. The summed E-state index contributed by atoms with van der Waals surface area (Å²) in [6.45, 7) is 6.30. The van der Waals surface area contributed by atoms with Gasteiger partial charge in [-0.05, 0) is 58.9 Å². The first-order valence-electron chi connectivity index (χ1n) is 6.59. The van der Waals surface area contributed by atoms with E-state index >= 15 is 0 Å². The molecule has 0 aromatic heterocycles. The van der Waals surface area contributed by atoms with Crippen molar-refractivity contribution in [1.29, 1.82) is 0 Å². The lowest BCUT2D eigenvalue weighted by molar-refractivity contribution is 0.614. The number of anilines is 1. The Labute approximate surface area is 108 Å². The molecule has 0 saturated carbocycles. The fraction of sp³-hybridized carbons (Fsp3) is 0.375. The molecule has 2 heteroatoms. The van der Waals surface area contributed by atoms with Crippen molar-refractivity contribution in [2.24, 2.45) is 0 Å². The summed E-state index contributed by atoms with van der Waals surface area (Å²) in [5.41, 5.74) is 8.69. The summed E-state index contributed by atoms with van der Waals surface area (Å²) in [7, 11) is 0. The van der Waals surface area contributed by atoms with E-state index in [2.05, 4.69) is 13.8 Å². The van der Waals surface area contributed by atoms with Crippen LogP contribution in [-0.4, -0.2) is 0 Å². The molecule has 0 aliphatic carbocycles. The van der Waals surface area contributed by atoms with Crippen LogP contribution in [0.3, 0.4) is 0 Å². The smallest absolute Gasteiger partial charge is 0.127 e. The Morgan fingerprint density at radius 3 is 2.56 bits per heavy atom. The van der Waals surface area contributed by atoms with E-state index < -0.39 is 0 Å². The normalized spacial score (nSPS) is 12.9. The number of halogens is 1. The van der Waals surface area contributed by atoms with Gasteiger partial charge in [0.1, 0.15) is 5.82 Å². The number of benzene rings is 2. The van der Waals surface area contributed by atoms with E-state index in [0.717, 1.165) is 28.4 Å². The molecular weight excluding hydrogens is 225 g/mol. The average molecular weight is 245 g/mol. The van der Waals surface area contributed by atoms with E-state index in [0.29, 0.717) is 12.3 Å². The summed E-state index contributed by atoms with van der Waals surface area (Å²) in [5.74, 6) is 0.280. The predicted octanol–water partition coefficient (Wildman–Crippen LogP) is 4.64. The number of nitrogen functional groups attached to an aromatic ring is 1. The van der Waals surface area contributed by atoms with Crippen LogP contribution >= 0.6 is 0 Å². The van der Waals surface area contributed by atoms with Crippen molar-refractivity contribution in [2.75, 3.05) is 5.73 Å². The monoisotopic (exact) mass is 245 g/mol. The first-order chi connectivity index (χ1) is 8.58. The molecule has 1 unspecified atom stereocenters. The molecule has 2 aromatic carbocycles. The van der Waals surface area contributed by atoms with Crippen molar-refractivity contribution in [3.63, 3.8) is 0 Å². The van der Waals surface area contributed by atoms with Gasteiger partial charge in [-0.25, -0.2) is 4.39 Å². The Hall–Kier alpha value is -1.57. The third-order valence-corrected chi connectivity index (χ3v) is 3.72. The molecule has 2 N–H and O–H groups in total. The number of hydrogen-bond donors (Lipinski definition) is 1. The maximum Gasteiger partial charge on any atom is 0.127 e. The zero-order valence-electron chi connectivity index (χ0n) is 11.3. The van der Waals surface area contributed by atoms with Crippen molar-refractivity contribution < 1.29 is 4.39 Å². The van der Waals surface area contributed by atoms with Crippen LogP contribution in [0.5, 0.6) is 0 Å². The molecule has 0 aliphatic rings. The highest BCUT2D eigenvalue weighted by atomic mass is 19.1. The van der Waals surface area contributed by atoms with Crippen LogP contribution < -0.4 is 5.73 Å². The van der Waals surface area contributed by atoms with E-state index in [-0.39, 0.29) is 5.82 Å². The van der Waals surface area contributed by atoms with Gasteiger partial charge in [0.05, 0.1) is 0 Å². The molecule has 0 aliphatic heterocycles. The minimum absolute atomic E-state index is 0.112. The average Bonchev–Trinajstić information content (AvgIpc) is 2.37. The molecule has 18 heavy (non-hydrogen) atoms. The van der Waals surface area contributed by atoms with Gasteiger partial charge in [-0.1, -0.05) is 26.8 Å². The van der Waals surface area contributed by atoms with E-state index in [1.807, 2.05) is 25.1 Å². The highest BCUT2D eigenvalue weighted by Crippen LogP contribution is 2.33. The molecule has 0 fully saturated rings. The molecule has 0 amide bonds. The highest BCUT2D eigenvalue weighted by Gasteiger charge is 2.14. The van der Waals surface area contributed by atoms with Gasteiger partial charge in [-0.15, -0.1) is 0 Å². The van der Waals surface area contributed by atoms with Gasteiger partial charge in [0.2, 0.25) is 0 Å². The Kier molecular flexibility index (Phi) is 3.55. The fourth-order valence-electron chi connectivity index (χ4n) is 2.53. The van der Waals surface area contributed by atoms with Crippen LogP contribution in [0.25, 0.3) is 10.8 Å². The zero-order chi connectivity index (χ0) is 13.3. The molecule has 2 rings (SSSR count). The number of fused-ring (bicyclic) bond motifs is 1. The molecule has 0 heterocycles. The van der Waals surface area contributed by atoms with Gasteiger partial charge in [-0.3, -0.25) is 0 Å². The molecule has 0 bridgehead atoms. The van der Waals surface area contributed by atoms with Crippen LogP contribution in [0, 0.1) is 5.82 Å². The summed E-state index contributed by atoms with van der Waals surface area (Å²) >= 11 is 0. The third kappa shape index (κ3) is 2.07. The molecule has 0 radical (unpaired) electrons.